The molecule has 3 rings (SSSR count). The highest BCUT2D eigenvalue weighted by molar-refractivity contribution is 6.00. The number of Topliss-reactive ketones (excluding diaryl/α,β-unsaturated/α-hetero) is 1. The van der Waals surface area contributed by atoms with Crippen LogP contribution in [0.4, 0.5) is 0 Å². The van der Waals surface area contributed by atoms with Crippen LogP contribution < -0.4 is 0 Å². The van der Waals surface area contributed by atoms with E-state index in [1.54, 1.807) is 6.20 Å². The van der Waals surface area contributed by atoms with E-state index in [9.17, 15) is 4.79 Å². The summed E-state index contributed by atoms with van der Waals surface area (Å²) in [6.45, 7) is 2.28. The minimum absolute atomic E-state index is 0.208. The number of carbonyl (C=O) groups is 1. The van der Waals surface area contributed by atoms with Crippen LogP contribution in [0.2, 0.25) is 0 Å². The molecule has 2 nitrogen and oxygen atoms in total. The van der Waals surface area contributed by atoms with Gasteiger partial charge in [-0.1, -0.05) is 38.0 Å². The van der Waals surface area contributed by atoms with Crippen molar-refractivity contribution in [3.63, 3.8) is 0 Å². The zero-order valence-electron chi connectivity index (χ0n) is 11.3. The maximum atomic E-state index is 12.5. The Balaban J connectivity index is 1.85. The van der Waals surface area contributed by atoms with Gasteiger partial charge in [-0.05, 0) is 30.9 Å². The van der Waals surface area contributed by atoms with Crippen molar-refractivity contribution >= 4 is 16.7 Å². The molecule has 1 fully saturated rings. The van der Waals surface area contributed by atoms with Gasteiger partial charge in [0.15, 0.2) is 5.78 Å². The van der Waals surface area contributed by atoms with Crippen LogP contribution >= 0.6 is 0 Å². The first-order valence-electron chi connectivity index (χ1n) is 7.13. The molecule has 0 radical (unpaired) electrons. The van der Waals surface area contributed by atoms with Crippen LogP contribution in [0.5, 0.6) is 0 Å². The number of rotatable bonds is 2. The van der Waals surface area contributed by atoms with E-state index >= 15 is 0 Å². The minimum atomic E-state index is 0.208. The Morgan fingerprint density at radius 3 is 2.68 bits per heavy atom. The third kappa shape index (κ3) is 2.53. The molecule has 0 bridgehead atoms. The molecule has 0 saturated heterocycles. The molecule has 98 valence electrons. The van der Waals surface area contributed by atoms with Crippen LogP contribution in [0.3, 0.4) is 0 Å². The Bertz CT molecular complexity index is 597. The van der Waals surface area contributed by atoms with E-state index < -0.39 is 0 Å². The lowest BCUT2D eigenvalue weighted by atomic mass is 9.79. The van der Waals surface area contributed by atoms with E-state index in [2.05, 4.69) is 11.9 Å². The number of aromatic nitrogens is 1. The van der Waals surface area contributed by atoms with Crippen molar-refractivity contribution in [3.05, 3.63) is 42.1 Å². The van der Waals surface area contributed by atoms with Gasteiger partial charge >= 0.3 is 0 Å². The predicted octanol–water partition coefficient (Wildman–Crippen LogP) is 4.24. The Labute approximate surface area is 113 Å². The van der Waals surface area contributed by atoms with E-state index in [0.717, 1.165) is 35.2 Å². The number of benzene rings is 1. The van der Waals surface area contributed by atoms with Gasteiger partial charge in [-0.15, -0.1) is 0 Å². The lowest BCUT2D eigenvalue weighted by Crippen LogP contribution is -2.21. The highest BCUT2D eigenvalue weighted by atomic mass is 16.1. The summed E-state index contributed by atoms with van der Waals surface area (Å²) in [7, 11) is 0. The van der Waals surface area contributed by atoms with Crippen molar-refractivity contribution in [1.29, 1.82) is 0 Å². The third-order valence-corrected chi connectivity index (χ3v) is 4.26. The molecule has 1 aliphatic carbocycles. The standard InChI is InChI=1S/C17H19NO/c1-12-6-8-13(9-7-12)17(19)15-10-14-4-2-3-5-16(14)18-11-15/h2-5,10-13H,6-9H2,1H3. The smallest absolute Gasteiger partial charge is 0.167 e. The molecule has 1 aromatic heterocycles. The fraction of sp³-hybridized carbons (Fsp3) is 0.412. The van der Waals surface area contributed by atoms with E-state index in [0.29, 0.717) is 0 Å². The van der Waals surface area contributed by atoms with Crippen LogP contribution in [0.25, 0.3) is 10.9 Å². The normalized spacial score (nSPS) is 23.4. The van der Waals surface area contributed by atoms with Crippen LogP contribution in [0.1, 0.15) is 43.0 Å². The maximum absolute atomic E-state index is 12.5. The number of fused-ring (bicyclic) bond motifs is 1. The number of ketones is 1. The van der Waals surface area contributed by atoms with Gasteiger partial charge in [-0.25, -0.2) is 0 Å². The van der Waals surface area contributed by atoms with Crippen molar-refractivity contribution < 1.29 is 4.79 Å². The van der Waals surface area contributed by atoms with Crippen molar-refractivity contribution in [2.75, 3.05) is 0 Å². The molecule has 2 heteroatoms. The second-order valence-corrected chi connectivity index (χ2v) is 5.74. The van der Waals surface area contributed by atoms with Gasteiger partial charge in [0.05, 0.1) is 5.52 Å². The van der Waals surface area contributed by atoms with Gasteiger partial charge < -0.3 is 0 Å². The Kier molecular flexibility index (Phi) is 3.33. The molecule has 2 aromatic rings. The van der Waals surface area contributed by atoms with Crippen LogP contribution in [-0.4, -0.2) is 10.8 Å². The van der Waals surface area contributed by atoms with Crippen LogP contribution in [-0.2, 0) is 0 Å². The molecule has 1 heterocycles. The van der Waals surface area contributed by atoms with Gasteiger partial charge in [0, 0.05) is 23.1 Å². The first-order chi connectivity index (χ1) is 9.24. The molecular formula is C17H19NO. The summed E-state index contributed by atoms with van der Waals surface area (Å²) < 4.78 is 0. The van der Waals surface area contributed by atoms with Crippen molar-refractivity contribution in [1.82, 2.24) is 4.98 Å². The molecule has 0 N–H and O–H groups in total. The predicted molar refractivity (Wildman–Crippen MR) is 77.2 cm³/mol. The summed E-state index contributed by atoms with van der Waals surface area (Å²) in [5.41, 5.74) is 1.73. The fourth-order valence-electron chi connectivity index (χ4n) is 2.96. The molecule has 0 aliphatic heterocycles. The Morgan fingerprint density at radius 1 is 1.16 bits per heavy atom. The average Bonchev–Trinajstić information content (AvgIpc) is 2.47. The lowest BCUT2D eigenvalue weighted by molar-refractivity contribution is 0.0875. The first kappa shape index (κ1) is 12.3. The Morgan fingerprint density at radius 2 is 1.89 bits per heavy atom. The third-order valence-electron chi connectivity index (χ3n) is 4.26. The molecule has 19 heavy (non-hydrogen) atoms. The first-order valence-corrected chi connectivity index (χ1v) is 7.13. The fourth-order valence-corrected chi connectivity index (χ4v) is 2.96. The van der Waals surface area contributed by atoms with Gasteiger partial charge in [0.25, 0.3) is 0 Å². The molecule has 0 spiro atoms. The highest BCUT2D eigenvalue weighted by Gasteiger charge is 2.25. The average molecular weight is 253 g/mol. The number of pyridine rings is 1. The minimum Gasteiger partial charge on any atom is -0.294 e. The highest BCUT2D eigenvalue weighted by Crippen LogP contribution is 2.30. The molecule has 0 amide bonds. The van der Waals surface area contributed by atoms with E-state index in [4.69, 9.17) is 0 Å². The number of carbonyl (C=O) groups excluding carboxylic acids is 1. The second-order valence-electron chi connectivity index (χ2n) is 5.74. The quantitative estimate of drug-likeness (QED) is 0.749. The monoisotopic (exact) mass is 253 g/mol. The molecule has 1 aliphatic rings. The summed E-state index contributed by atoms with van der Waals surface area (Å²) in [5, 5.41) is 1.05. The molecule has 1 aromatic carbocycles. The number of hydrogen-bond acceptors (Lipinski definition) is 2. The Hall–Kier alpha value is -1.70. The van der Waals surface area contributed by atoms with Crippen LogP contribution in [0, 0.1) is 11.8 Å². The molecule has 1 saturated carbocycles. The van der Waals surface area contributed by atoms with Crippen molar-refractivity contribution in [2.45, 2.75) is 32.6 Å². The molecule has 0 unspecified atom stereocenters. The largest absolute Gasteiger partial charge is 0.294 e. The summed E-state index contributed by atoms with van der Waals surface area (Å²) in [6.07, 6.45) is 6.16. The van der Waals surface area contributed by atoms with Gasteiger partial charge in [-0.3, -0.25) is 9.78 Å². The number of hydrogen-bond donors (Lipinski definition) is 0. The van der Waals surface area contributed by atoms with Gasteiger partial charge in [0.2, 0.25) is 0 Å². The zero-order chi connectivity index (χ0) is 13.2. The summed E-state index contributed by atoms with van der Waals surface area (Å²) >= 11 is 0. The van der Waals surface area contributed by atoms with Crippen LogP contribution in [0.15, 0.2) is 36.5 Å². The van der Waals surface area contributed by atoms with Crippen molar-refractivity contribution in [2.24, 2.45) is 11.8 Å². The second kappa shape index (κ2) is 5.12. The van der Waals surface area contributed by atoms with Crippen molar-refractivity contribution in [3.8, 4) is 0 Å². The summed E-state index contributed by atoms with van der Waals surface area (Å²) in [4.78, 5) is 16.9. The summed E-state index contributed by atoms with van der Waals surface area (Å²) in [5.74, 6) is 1.27. The number of para-hydroxylation sites is 1. The zero-order valence-corrected chi connectivity index (χ0v) is 11.3. The summed E-state index contributed by atoms with van der Waals surface area (Å²) in [6, 6.07) is 9.94. The van der Waals surface area contributed by atoms with E-state index in [-0.39, 0.29) is 11.7 Å². The van der Waals surface area contributed by atoms with Gasteiger partial charge in [-0.2, -0.15) is 0 Å². The van der Waals surface area contributed by atoms with Gasteiger partial charge in [0.1, 0.15) is 0 Å². The van der Waals surface area contributed by atoms with E-state index in [1.165, 1.54) is 12.8 Å². The molecule has 0 atom stereocenters. The number of nitrogens with zero attached hydrogens (tertiary/aromatic N) is 1. The van der Waals surface area contributed by atoms with E-state index in [1.807, 2.05) is 30.3 Å². The SMILES string of the molecule is CC1CCC(C(=O)c2cnc3ccccc3c2)CC1. The molecular weight excluding hydrogens is 234 g/mol. The topological polar surface area (TPSA) is 30.0 Å². The maximum Gasteiger partial charge on any atom is 0.167 e. The lowest BCUT2D eigenvalue weighted by Gasteiger charge is -2.25.